The molecule has 1 saturated heterocycles. The standard InChI is InChI=1S/C5H11NO3S/c1-4(10(6,7)8)5-2-9-3-5/h4-5H,2-3H2,1H3,(H2,6,7,8). The minimum atomic E-state index is -3.34. The summed E-state index contributed by atoms with van der Waals surface area (Å²) in [6, 6.07) is 0. The van der Waals surface area contributed by atoms with Crippen molar-refractivity contribution in [2.45, 2.75) is 12.2 Å². The van der Waals surface area contributed by atoms with Crippen molar-refractivity contribution in [2.24, 2.45) is 11.1 Å². The van der Waals surface area contributed by atoms with Crippen LogP contribution in [-0.4, -0.2) is 26.9 Å². The van der Waals surface area contributed by atoms with Crippen molar-refractivity contribution in [1.82, 2.24) is 0 Å². The van der Waals surface area contributed by atoms with E-state index in [1.165, 1.54) is 0 Å². The maximum Gasteiger partial charge on any atom is 0.212 e. The number of sulfonamides is 1. The van der Waals surface area contributed by atoms with Crippen LogP contribution in [0.4, 0.5) is 0 Å². The SMILES string of the molecule is CC(C1COC1)S(N)(=O)=O. The molecule has 5 heteroatoms. The highest BCUT2D eigenvalue weighted by molar-refractivity contribution is 7.89. The second kappa shape index (κ2) is 2.48. The van der Waals surface area contributed by atoms with E-state index in [1.54, 1.807) is 6.92 Å². The molecule has 0 aromatic rings. The monoisotopic (exact) mass is 165 g/mol. The molecular weight excluding hydrogens is 154 g/mol. The summed E-state index contributed by atoms with van der Waals surface area (Å²) in [6.45, 7) is 2.66. The van der Waals surface area contributed by atoms with Gasteiger partial charge in [-0.1, -0.05) is 0 Å². The molecule has 1 unspecified atom stereocenters. The molecule has 0 saturated carbocycles. The van der Waals surface area contributed by atoms with Gasteiger partial charge in [-0.25, -0.2) is 13.6 Å². The number of rotatable bonds is 2. The number of ether oxygens (including phenoxy) is 1. The first-order valence-corrected chi connectivity index (χ1v) is 4.72. The minimum absolute atomic E-state index is 0.106. The number of hydrogen-bond acceptors (Lipinski definition) is 3. The van der Waals surface area contributed by atoms with Crippen LogP contribution in [0.15, 0.2) is 0 Å². The molecule has 0 aliphatic carbocycles. The van der Waals surface area contributed by atoms with Gasteiger partial charge in [-0.2, -0.15) is 0 Å². The van der Waals surface area contributed by atoms with Gasteiger partial charge in [0.15, 0.2) is 0 Å². The zero-order valence-corrected chi connectivity index (χ0v) is 6.60. The molecule has 4 nitrogen and oxygen atoms in total. The van der Waals surface area contributed by atoms with Crippen LogP contribution in [-0.2, 0) is 14.8 Å². The normalized spacial score (nSPS) is 23.8. The smallest absolute Gasteiger partial charge is 0.212 e. The average molecular weight is 165 g/mol. The molecule has 0 radical (unpaired) electrons. The predicted octanol–water partition coefficient (Wildman–Crippen LogP) is -0.690. The van der Waals surface area contributed by atoms with Crippen molar-refractivity contribution < 1.29 is 13.2 Å². The molecule has 60 valence electrons. The van der Waals surface area contributed by atoms with Crippen molar-refractivity contribution in [2.75, 3.05) is 13.2 Å². The lowest BCUT2D eigenvalue weighted by atomic mass is 10.1. The Morgan fingerprint density at radius 3 is 2.20 bits per heavy atom. The quantitative estimate of drug-likeness (QED) is 0.588. The molecule has 1 atom stereocenters. The fourth-order valence-corrected chi connectivity index (χ4v) is 1.49. The Morgan fingerprint density at radius 2 is 2.10 bits per heavy atom. The van der Waals surface area contributed by atoms with E-state index in [4.69, 9.17) is 9.88 Å². The van der Waals surface area contributed by atoms with Crippen molar-refractivity contribution >= 4 is 10.0 Å². The third kappa shape index (κ3) is 1.47. The van der Waals surface area contributed by atoms with Gasteiger partial charge in [0.05, 0.1) is 18.5 Å². The van der Waals surface area contributed by atoms with Gasteiger partial charge in [-0.15, -0.1) is 0 Å². The Balaban J connectivity index is 2.56. The minimum Gasteiger partial charge on any atom is -0.381 e. The van der Waals surface area contributed by atoms with Crippen LogP contribution >= 0.6 is 0 Å². The molecule has 0 bridgehead atoms. The van der Waals surface area contributed by atoms with Crippen LogP contribution in [0.3, 0.4) is 0 Å². The molecule has 0 spiro atoms. The summed E-state index contributed by atoms with van der Waals surface area (Å²) in [5.41, 5.74) is 0. The highest BCUT2D eigenvalue weighted by Gasteiger charge is 2.31. The van der Waals surface area contributed by atoms with Crippen molar-refractivity contribution in [3.05, 3.63) is 0 Å². The summed E-state index contributed by atoms with van der Waals surface area (Å²) >= 11 is 0. The van der Waals surface area contributed by atoms with Crippen LogP contribution in [0.5, 0.6) is 0 Å². The fourth-order valence-electron chi connectivity index (χ4n) is 0.793. The van der Waals surface area contributed by atoms with Gasteiger partial charge in [0.1, 0.15) is 0 Å². The Labute approximate surface area is 60.4 Å². The van der Waals surface area contributed by atoms with E-state index in [0.29, 0.717) is 13.2 Å². The second-order valence-electron chi connectivity index (χ2n) is 2.59. The lowest BCUT2D eigenvalue weighted by molar-refractivity contribution is -0.0314. The fraction of sp³-hybridized carbons (Fsp3) is 1.00. The third-order valence-electron chi connectivity index (χ3n) is 1.85. The van der Waals surface area contributed by atoms with Gasteiger partial charge in [0.2, 0.25) is 10.0 Å². The zero-order valence-electron chi connectivity index (χ0n) is 5.78. The lowest BCUT2D eigenvalue weighted by Gasteiger charge is -2.29. The van der Waals surface area contributed by atoms with Crippen molar-refractivity contribution in [3.8, 4) is 0 Å². The van der Waals surface area contributed by atoms with Gasteiger partial charge < -0.3 is 4.74 Å². The maximum atomic E-state index is 10.7. The highest BCUT2D eigenvalue weighted by atomic mass is 32.2. The van der Waals surface area contributed by atoms with Gasteiger partial charge in [-0.3, -0.25) is 0 Å². The van der Waals surface area contributed by atoms with Gasteiger partial charge in [0, 0.05) is 5.92 Å². The molecule has 0 aromatic heterocycles. The van der Waals surface area contributed by atoms with Gasteiger partial charge in [0.25, 0.3) is 0 Å². The summed E-state index contributed by atoms with van der Waals surface area (Å²) in [7, 11) is -3.34. The molecule has 1 aliphatic heterocycles. The first-order valence-electron chi connectivity index (χ1n) is 3.11. The summed E-state index contributed by atoms with van der Waals surface area (Å²) in [5, 5.41) is 4.45. The summed E-state index contributed by atoms with van der Waals surface area (Å²) in [4.78, 5) is 0. The third-order valence-corrected chi connectivity index (χ3v) is 3.27. The Bertz CT molecular complexity index is 207. The average Bonchev–Trinajstić information content (AvgIpc) is 1.57. The maximum absolute atomic E-state index is 10.7. The largest absolute Gasteiger partial charge is 0.381 e. The van der Waals surface area contributed by atoms with Crippen LogP contribution in [0, 0.1) is 5.92 Å². The molecular formula is C5H11NO3S. The molecule has 10 heavy (non-hydrogen) atoms. The Kier molecular flexibility index (Phi) is 1.98. The first kappa shape index (κ1) is 7.97. The first-order chi connectivity index (χ1) is 4.52. The molecule has 1 fully saturated rings. The number of hydrogen-bond donors (Lipinski definition) is 1. The molecule has 1 aliphatic rings. The highest BCUT2D eigenvalue weighted by Crippen LogP contribution is 2.18. The molecule has 0 amide bonds. The van der Waals surface area contributed by atoms with E-state index >= 15 is 0 Å². The summed E-state index contributed by atoms with van der Waals surface area (Å²) in [5.74, 6) is 0.106. The van der Waals surface area contributed by atoms with Gasteiger partial charge >= 0.3 is 0 Å². The lowest BCUT2D eigenvalue weighted by Crippen LogP contribution is -2.43. The molecule has 0 aromatic carbocycles. The van der Waals surface area contributed by atoms with Crippen LogP contribution in [0.2, 0.25) is 0 Å². The van der Waals surface area contributed by atoms with Crippen LogP contribution in [0.25, 0.3) is 0 Å². The van der Waals surface area contributed by atoms with E-state index in [1.807, 2.05) is 0 Å². The van der Waals surface area contributed by atoms with Crippen LogP contribution < -0.4 is 5.14 Å². The predicted molar refractivity (Wildman–Crippen MR) is 36.9 cm³/mol. The summed E-state index contributed by atoms with van der Waals surface area (Å²) < 4.78 is 26.2. The Hall–Kier alpha value is -0.130. The Morgan fingerprint density at radius 1 is 1.60 bits per heavy atom. The van der Waals surface area contributed by atoms with E-state index in [0.717, 1.165) is 0 Å². The van der Waals surface area contributed by atoms with E-state index in [2.05, 4.69) is 0 Å². The van der Waals surface area contributed by atoms with E-state index < -0.39 is 15.3 Å². The molecule has 2 N–H and O–H groups in total. The van der Waals surface area contributed by atoms with Gasteiger partial charge in [-0.05, 0) is 6.92 Å². The van der Waals surface area contributed by atoms with E-state index in [9.17, 15) is 8.42 Å². The second-order valence-corrected chi connectivity index (χ2v) is 4.51. The molecule has 1 rings (SSSR count). The number of nitrogens with two attached hydrogens (primary N) is 1. The van der Waals surface area contributed by atoms with E-state index in [-0.39, 0.29) is 5.92 Å². The molecule has 1 heterocycles. The summed E-state index contributed by atoms with van der Waals surface area (Å²) in [6.07, 6.45) is 0. The number of primary sulfonamides is 1. The zero-order chi connectivity index (χ0) is 7.78. The topological polar surface area (TPSA) is 69.4 Å². The van der Waals surface area contributed by atoms with Crippen molar-refractivity contribution in [1.29, 1.82) is 0 Å². The van der Waals surface area contributed by atoms with Crippen molar-refractivity contribution in [3.63, 3.8) is 0 Å². The van der Waals surface area contributed by atoms with Crippen LogP contribution in [0.1, 0.15) is 6.92 Å².